The summed E-state index contributed by atoms with van der Waals surface area (Å²) in [4.78, 5) is 23.1. The van der Waals surface area contributed by atoms with Gasteiger partial charge in [0.15, 0.2) is 5.82 Å². The van der Waals surface area contributed by atoms with Crippen molar-refractivity contribution in [2.24, 2.45) is 0 Å². The molecule has 1 saturated carbocycles. The third kappa shape index (κ3) is 3.56. The van der Waals surface area contributed by atoms with Crippen molar-refractivity contribution in [1.82, 2.24) is 24.5 Å². The van der Waals surface area contributed by atoms with Gasteiger partial charge in [0.05, 0.1) is 22.9 Å². The lowest BCUT2D eigenvalue weighted by atomic mass is 9.68. The van der Waals surface area contributed by atoms with E-state index < -0.39 is 42.7 Å². The molecule has 3 aromatic heterocycles. The molecule has 0 spiro atoms. The number of pyridine rings is 1. The molecule has 0 radical (unpaired) electrons. The highest BCUT2D eigenvalue weighted by Gasteiger charge is 2.53. The van der Waals surface area contributed by atoms with E-state index in [0.29, 0.717) is 27.9 Å². The van der Waals surface area contributed by atoms with Gasteiger partial charge in [-0.2, -0.15) is 13.9 Å². The molecular weight excluding hydrogens is 508 g/mol. The number of fused-ring (bicyclic) bond motifs is 9. The van der Waals surface area contributed by atoms with Crippen LogP contribution in [0.5, 0.6) is 5.75 Å². The monoisotopic (exact) mass is 536 g/mol. The van der Waals surface area contributed by atoms with E-state index in [-0.39, 0.29) is 42.0 Å². The zero-order valence-electron chi connectivity index (χ0n) is 23.7. The van der Waals surface area contributed by atoms with Crippen molar-refractivity contribution < 1.29 is 32.6 Å². The van der Waals surface area contributed by atoms with Crippen LogP contribution in [0.25, 0.3) is 16.6 Å². The summed E-state index contributed by atoms with van der Waals surface area (Å²) in [6.45, 7) is -4.32. The molecule has 4 aromatic rings. The number of alkyl halides is 2. The van der Waals surface area contributed by atoms with E-state index in [9.17, 15) is 23.8 Å². The van der Waals surface area contributed by atoms with Crippen LogP contribution in [0.1, 0.15) is 75.3 Å². The first-order valence-electron chi connectivity index (χ1n) is 14.0. The normalized spacial score (nSPS) is 28.8. The maximum Gasteiger partial charge on any atom is 0.387 e. The van der Waals surface area contributed by atoms with Gasteiger partial charge in [-0.1, -0.05) is 6.07 Å². The Hall–Kier alpha value is -3.96. The number of rotatable bonds is 4. The number of halogens is 2. The second-order valence-electron chi connectivity index (χ2n) is 10.8. The molecule has 0 unspecified atom stereocenters. The molecule has 2 N–H and O–H groups in total. The number of aliphatic hydroxyl groups is 2. The first-order chi connectivity index (χ1) is 19.8. The van der Waals surface area contributed by atoms with Crippen molar-refractivity contribution in [3.63, 3.8) is 0 Å². The van der Waals surface area contributed by atoms with Gasteiger partial charge in [-0.05, 0) is 43.2 Å². The van der Waals surface area contributed by atoms with E-state index in [1.807, 2.05) is 6.07 Å². The second-order valence-corrected chi connectivity index (χ2v) is 10.8. The van der Waals surface area contributed by atoms with Crippen molar-refractivity contribution in [3.05, 3.63) is 77.1 Å². The van der Waals surface area contributed by atoms with Gasteiger partial charge in [-0.25, -0.2) is 14.5 Å². The van der Waals surface area contributed by atoms with E-state index in [2.05, 4.69) is 15.1 Å². The quantitative estimate of drug-likeness (QED) is 0.408. The third-order valence-electron chi connectivity index (χ3n) is 7.96. The van der Waals surface area contributed by atoms with Gasteiger partial charge in [0.25, 0.3) is 5.91 Å². The largest absolute Gasteiger partial charge is 0.434 e. The van der Waals surface area contributed by atoms with Gasteiger partial charge >= 0.3 is 6.61 Å². The summed E-state index contributed by atoms with van der Waals surface area (Å²) in [7, 11) is 0. The number of benzene rings is 1. The molecule has 2 bridgehead atoms. The molecule has 11 heteroatoms. The van der Waals surface area contributed by atoms with Crippen molar-refractivity contribution in [3.8, 4) is 16.9 Å². The van der Waals surface area contributed by atoms with Crippen LogP contribution >= 0.6 is 0 Å². The van der Waals surface area contributed by atoms with E-state index in [1.165, 1.54) is 18.2 Å². The Morgan fingerprint density at radius 2 is 1.92 bits per heavy atom. The van der Waals surface area contributed by atoms with Crippen LogP contribution < -0.4 is 4.74 Å². The molecule has 4 heterocycles. The van der Waals surface area contributed by atoms with Crippen molar-refractivity contribution >= 4 is 11.4 Å². The van der Waals surface area contributed by atoms with Crippen LogP contribution in [0, 0.1) is 0 Å². The average molecular weight is 537 g/mol. The van der Waals surface area contributed by atoms with Gasteiger partial charge in [0.1, 0.15) is 11.4 Å². The number of amides is 1. The van der Waals surface area contributed by atoms with E-state index in [1.54, 1.807) is 36.1 Å². The highest BCUT2D eigenvalue weighted by Crippen LogP contribution is 2.53. The van der Waals surface area contributed by atoms with Crippen LogP contribution in [0.4, 0.5) is 8.78 Å². The molecule has 2 atom stereocenters. The summed E-state index contributed by atoms with van der Waals surface area (Å²) >= 11 is 0. The lowest BCUT2D eigenvalue weighted by Crippen LogP contribution is -2.53. The number of carbonyl (C=O) groups is 1. The summed E-state index contributed by atoms with van der Waals surface area (Å²) in [5.41, 5.74) is 0.862. The lowest BCUT2D eigenvalue weighted by Gasteiger charge is -2.46. The maximum atomic E-state index is 13.6. The minimum absolute atomic E-state index is 0.00479. The molecule has 0 saturated heterocycles. The first-order valence-corrected chi connectivity index (χ1v) is 12.5. The Bertz CT molecular complexity index is 1750. The Morgan fingerprint density at radius 1 is 1.15 bits per heavy atom. The second kappa shape index (κ2) is 8.03. The Kier molecular flexibility index (Phi) is 4.31. The Balaban J connectivity index is 1.36. The average Bonchev–Trinajstić information content (AvgIpc) is 3.39. The summed E-state index contributed by atoms with van der Waals surface area (Å²) in [6, 6.07) is 6.85. The van der Waals surface area contributed by atoms with Gasteiger partial charge in [-0.15, -0.1) is 0 Å². The fourth-order valence-electron chi connectivity index (χ4n) is 6.45. The Labute approximate surface area is 225 Å². The number of ether oxygens (including phenoxy) is 1. The van der Waals surface area contributed by atoms with E-state index in [0.717, 1.165) is 4.90 Å². The summed E-state index contributed by atoms with van der Waals surface area (Å²) < 4.78 is 57.7. The highest BCUT2D eigenvalue weighted by atomic mass is 19.3. The topological polar surface area (TPSA) is 113 Å². The summed E-state index contributed by atoms with van der Waals surface area (Å²) in [5.74, 6) is -1.41. The fourth-order valence-corrected chi connectivity index (χ4v) is 6.45. The molecule has 9 nitrogen and oxygen atoms in total. The molecule has 2 aliphatic carbocycles. The molecule has 39 heavy (non-hydrogen) atoms. The zero-order chi connectivity index (χ0) is 29.8. The molecule has 7 rings (SSSR count). The smallest absolute Gasteiger partial charge is 0.387 e. The van der Waals surface area contributed by atoms with Crippen LogP contribution in [0.15, 0.2) is 48.9 Å². The van der Waals surface area contributed by atoms with Crippen LogP contribution in [0.3, 0.4) is 0 Å². The standard InChI is InChI=1S/C28H25F2N5O4/c1-27(37)12-28(38,13-27)25-31-10-15(11-32-25)14-6-7-35-18(8-14)22-17-9-19(23(22)33-35)34(2)24(36)16-4-3-5-20(21(16)17)39-26(29)30/h3-8,10-11,17,19,26,37-38H,9,12-13H2,1-2H3/t17-,19-,27?,28?/m1/s1/i2D3. The predicted octanol–water partition coefficient (Wildman–Crippen LogP) is 3.79. The molecule has 200 valence electrons. The van der Waals surface area contributed by atoms with Gasteiger partial charge < -0.3 is 19.8 Å². The maximum absolute atomic E-state index is 13.6. The Morgan fingerprint density at radius 3 is 2.62 bits per heavy atom. The lowest BCUT2D eigenvalue weighted by molar-refractivity contribution is -0.180. The van der Waals surface area contributed by atoms with Crippen molar-refractivity contribution in [2.75, 3.05) is 6.98 Å². The molecule has 1 amide bonds. The number of nitrogens with zero attached hydrogens (tertiary/aromatic N) is 5. The van der Waals surface area contributed by atoms with Crippen molar-refractivity contribution in [2.45, 2.75) is 56.0 Å². The molecule has 1 aromatic carbocycles. The molecular formula is C28H25F2N5O4. The fraction of sp³-hybridized carbons (Fsp3) is 0.357. The van der Waals surface area contributed by atoms with Crippen LogP contribution in [-0.4, -0.2) is 59.8 Å². The van der Waals surface area contributed by atoms with Crippen LogP contribution in [-0.2, 0) is 5.60 Å². The van der Waals surface area contributed by atoms with Gasteiger partial charge in [-0.3, -0.25) is 4.79 Å². The van der Waals surface area contributed by atoms with Gasteiger partial charge in [0.2, 0.25) is 0 Å². The minimum atomic E-state index is -3.15. The summed E-state index contributed by atoms with van der Waals surface area (Å²) in [5, 5.41) is 25.4. The van der Waals surface area contributed by atoms with E-state index >= 15 is 0 Å². The van der Waals surface area contributed by atoms with Crippen molar-refractivity contribution in [1.29, 1.82) is 0 Å². The highest BCUT2D eigenvalue weighted by molar-refractivity contribution is 5.98. The number of aromatic nitrogens is 4. The predicted molar refractivity (Wildman–Crippen MR) is 134 cm³/mol. The third-order valence-corrected chi connectivity index (χ3v) is 7.96. The molecule has 1 aliphatic heterocycles. The minimum Gasteiger partial charge on any atom is -0.434 e. The molecule has 1 fully saturated rings. The number of carbonyl (C=O) groups excluding carboxylic acids is 1. The number of hydrogen-bond donors (Lipinski definition) is 2. The first kappa shape index (κ1) is 20.9. The number of hydrogen-bond acceptors (Lipinski definition) is 7. The SMILES string of the molecule is [2H]C([2H])([2H])N1C(=O)c2cccc(OC(F)F)c2[C@H]2C[C@@H]1c1nn3ccc(-c4cnc(C5(O)CC(C)(O)C5)nc4)cc3c12. The van der Waals surface area contributed by atoms with Crippen LogP contribution in [0.2, 0.25) is 0 Å². The zero-order valence-corrected chi connectivity index (χ0v) is 20.7. The summed E-state index contributed by atoms with van der Waals surface area (Å²) in [6.07, 6.45) is 5.22. The van der Waals surface area contributed by atoms with E-state index in [4.69, 9.17) is 8.85 Å². The molecule has 3 aliphatic rings. The van der Waals surface area contributed by atoms with Gasteiger partial charge in [0, 0.05) is 70.7 Å².